The van der Waals surface area contributed by atoms with E-state index in [1.54, 1.807) is 0 Å². The van der Waals surface area contributed by atoms with Crippen molar-refractivity contribution in [2.75, 3.05) is 26.4 Å². The number of fused-ring (bicyclic) bond motifs is 14. The van der Waals surface area contributed by atoms with Gasteiger partial charge in [0.2, 0.25) is 0 Å². The molecule has 1 aliphatic heterocycles. The maximum Gasteiger partial charge on any atom is 0.312 e. The molecule has 4 unspecified atom stereocenters. The van der Waals surface area contributed by atoms with Crippen molar-refractivity contribution >= 4 is 23.5 Å². The Morgan fingerprint density at radius 1 is 0.451 bits per heavy atom. The molecule has 10 saturated carbocycles. The van der Waals surface area contributed by atoms with Gasteiger partial charge in [0.05, 0.1) is 17.4 Å². The van der Waals surface area contributed by atoms with Crippen molar-refractivity contribution in [3.8, 4) is 0 Å². The zero-order valence-corrected chi connectivity index (χ0v) is 69.0. The molecule has 574 valence electrons. The Hall–Kier alpha value is -3.88. The lowest BCUT2D eigenvalue weighted by Gasteiger charge is -2.72. The van der Waals surface area contributed by atoms with Crippen LogP contribution in [0.2, 0.25) is 0 Å². The molecule has 11 aliphatic rings. The number of carboxylic acid groups (broad SMARTS) is 1. The predicted molar refractivity (Wildman–Crippen MR) is 425 cm³/mol. The Bertz CT molecular complexity index is 3190. The fourth-order valence-corrected chi connectivity index (χ4v) is 26.4. The molecule has 102 heavy (non-hydrogen) atoms. The van der Waals surface area contributed by atoms with Crippen LogP contribution in [0.25, 0.3) is 0 Å². The second kappa shape index (κ2) is 33.3. The van der Waals surface area contributed by atoms with E-state index < -0.39 is 11.4 Å². The number of Topliss-reactive ketones (excluding diaryl/α,β-unsaturated/α-hetero) is 2. The summed E-state index contributed by atoms with van der Waals surface area (Å²) in [7, 11) is 0. The summed E-state index contributed by atoms with van der Waals surface area (Å²) < 4.78 is 11.2. The van der Waals surface area contributed by atoms with Crippen LogP contribution in [0.4, 0.5) is 0 Å². The molecular weight excluding hydrogens is 1260 g/mol. The summed E-state index contributed by atoms with van der Waals surface area (Å²) >= 11 is 0. The normalized spacial score (nSPS) is 39.4. The number of aliphatic hydroxyl groups excluding tert-OH is 1. The third kappa shape index (κ3) is 16.1. The molecule has 1 heterocycles. The number of esters is 1. The van der Waals surface area contributed by atoms with Crippen molar-refractivity contribution < 1.29 is 38.9 Å². The number of carbonyl (C=O) groups is 4. The highest BCUT2D eigenvalue weighted by molar-refractivity contribution is 5.86. The van der Waals surface area contributed by atoms with Crippen LogP contribution < -0.4 is 0 Å². The van der Waals surface area contributed by atoms with E-state index in [0.29, 0.717) is 71.4 Å². The first kappa shape index (κ1) is 83.8. The topological polar surface area (TPSA) is 127 Å². The van der Waals surface area contributed by atoms with Gasteiger partial charge < -0.3 is 19.7 Å². The van der Waals surface area contributed by atoms with Gasteiger partial charge >= 0.3 is 11.9 Å². The van der Waals surface area contributed by atoms with Crippen molar-refractivity contribution in [3.63, 3.8) is 0 Å². The van der Waals surface area contributed by atoms with Crippen LogP contribution in [-0.2, 0) is 28.7 Å². The molecular formula is C94H150O8. The van der Waals surface area contributed by atoms with Gasteiger partial charge in [0.15, 0.2) is 0 Å². The number of allylic oxidation sites excluding steroid dienone is 12. The second-order valence-corrected chi connectivity index (χ2v) is 39.3. The van der Waals surface area contributed by atoms with Gasteiger partial charge in [-0.3, -0.25) is 19.2 Å². The molecule has 2 N–H and O–H groups in total. The average molecular weight is 1410 g/mol. The van der Waals surface area contributed by atoms with Crippen LogP contribution in [-0.4, -0.2) is 60.1 Å². The Kier molecular flexibility index (Phi) is 27.4. The molecule has 0 radical (unpaired) electrons. The molecule has 0 aromatic carbocycles. The molecule has 0 spiro atoms. The number of rotatable bonds is 19. The molecule has 8 nitrogen and oxygen atoms in total. The summed E-state index contributed by atoms with van der Waals surface area (Å²) in [5.41, 5.74) is 10.6. The Morgan fingerprint density at radius 2 is 0.833 bits per heavy atom. The molecule has 10 aliphatic carbocycles. The van der Waals surface area contributed by atoms with Gasteiger partial charge in [0.1, 0.15) is 18.2 Å². The minimum Gasteiger partial charge on any atom is -0.481 e. The van der Waals surface area contributed by atoms with Gasteiger partial charge in [0.25, 0.3) is 0 Å². The lowest BCUT2D eigenvalue weighted by atomic mass is 9.32. The number of carbonyl (C=O) groups excluding carboxylic acids is 3. The lowest BCUT2D eigenvalue weighted by Crippen LogP contribution is -2.66. The minimum atomic E-state index is -0.547. The van der Waals surface area contributed by atoms with E-state index in [4.69, 9.17) is 14.6 Å². The maximum atomic E-state index is 14.4. The summed E-state index contributed by atoms with van der Waals surface area (Å²) in [4.78, 5) is 53.1. The van der Waals surface area contributed by atoms with Crippen molar-refractivity contribution in [1.82, 2.24) is 0 Å². The molecule has 0 amide bonds. The van der Waals surface area contributed by atoms with Gasteiger partial charge in [-0.1, -0.05) is 157 Å². The molecule has 11 rings (SSSR count). The molecule has 18 atom stereocenters. The molecule has 11 fully saturated rings. The fourth-order valence-electron chi connectivity index (χ4n) is 26.4. The number of hydrogen-bond donors (Lipinski definition) is 2. The third-order valence-electron chi connectivity index (χ3n) is 32.6. The van der Waals surface area contributed by atoms with E-state index in [9.17, 15) is 24.3 Å². The third-order valence-corrected chi connectivity index (χ3v) is 32.6. The van der Waals surface area contributed by atoms with Gasteiger partial charge in [0, 0.05) is 36.9 Å². The van der Waals surface area contributed by atoms with Gasteiger partial charge in [-0.25, -0.2) is 0 Å². The Labute approximate surface area is 624 Å². The zero-order chi connectivity index (χ0) is 75.4. The molecule has 0 bridgehead atoms. The predicted octanol–water partition coefficient (Wildman–Crippen LogP) is 24.7. The van der Waals surface area contributed by atoms with E-state index in [1.807, 2.05) is 6.08 Å². The zero-order valence-electron chi connectivity index (χ0n) is 69.0. The number of aliphatic hydroxyl groups is 1. The first-order chi connectivity index (χ1) is 47.7. The fraction of sp³-hybridized carbons (Fsp3) is 0.787. The molecule has 0 aromatic rings. The first-order valence-corrected chi connectivity index (χ1v) is 41.6. The Balaban J connectivity index is 0.000000209. The van der Waals surface area contributed by atoms with Crippen LogP contribution >= 0.6 is 0 Å². The van der Waals surface area contributed by atoms with Crippen molar-refractivity contribution in [2.45, 2.75) is 331 Å². The maximum absolute atomic E-state index is 14.4. The summed E-state index contributed by atoms with van der Waals surface area (Å²) in [6, 6.07) is 0. The largest absolute Gasteiger partial charge is 0.481 e. The smallest absolute Gasteiger partial charge is 0.312 e. The lowest BCUT2D eigenvalue weighted by molar-refractivity contribution is -0.235. The van der Waals surface area contributed by atoms with E-state index in [1.165, 1.54) is 89.5 Å². The van der Waals surface area contributed by atoms with E-state index in [0.717, 1.165) is 161 Å². The van der Waals surface area contributed by atoms with Gasteiger partial charge in [-0.15, -0.1) is 0 Å². The number of ketones is 2. The summed E-state index contributed by atoms with van der Waals surface area (Å²) in [5.74, 6) is 4.93. The minimum absolute atomic E-state index is 0.0628. The number of aliphatic carboxylic acids is 1. The highest BCUT2D eigenvalue weighted by Gasteiger charge is 2.74. The van der Waals surface area contributed by atoms with Crippen LogP contribution in [0, 0.1) is 113 Å². The standard InChI is InChI=1S/C45H70O3.C30H46O3.C15H26O.C4H8O/c1-30(2)14-12-15-32(5)16-13-17-33(6)23-29-48-40(47)45-26-20-34(31(3)4)39(45)35-18-19-37-42(9)24-22-38(46)41(7,8)36(42)21-25-44(37,11)43(35,10)27-28-45;1-18(2)19-10-15-30(25(32)33)17-16-28(6)20(24(19)30)8-9-22-27(5)13-12-23(31)26(3,4)21(27)11-14-29(22,28)7;1-13(2)7-5-8-14(3)9-6-10-15(4)11-12-16;1-2-4-5-3-1/h14,16,23,34-37,39H,3,12-13,15,17-22,24-29H2,1-2,4-11H3;19-22,24H,1,8-17H2,2-7H3,(H,32,33);7,9,11,16H,5-6,8,10,12H2,1-4H3;1-4H2/b32-16+,33-23+;;14-9+,15-11+;/t34-,35+,36?,37+,39?,42-,43+,44+,45-;19-,20+,21?,22+,24?,27-,28+,29+,30-;;/m00../s1. The van der Waals surface area contributed by atoms with Crippen LogP contribution in [0.1, 0.15) is 331 Å². The summed E-state index contributed by atoms with van der Waals surface area (Å²) in [5, 5.41) is 19.2. The quantitative estimate of drug-likeness (QED) is 0.0967. The molecule has 8 heteroatoms. The number of hydrogen-bond acceptors (Lipinski definition) is 7. The number of carboxylic acids is 1. The second-order valence-electron chi connectivity index (χ2n) is 39.3. The summed E-state index contributed by atoms with van der Waals surface area (Å²) in [6.45, 7) is 57.4. The van der Waals surface area contributed by atoms with Crippen LogP contribution in [0.3, 0.4) is 0 Å². The average Bonchev–Trinajstić information content (AvgIpc) is 1.06. The van der Waals surface area contributed by atoms with E-state index in [2.05, 4.69) is 182 Å². The SMILES string of the molecule is C1CCOC1.C=C(C)[C@@H]1CC[C@]2(C(=O)O)CC[C@]3(C)[C@H](CC[C@@H]4[C@@]5(C)CCC(=O)C(C)(C)C5CC[C@]43C)C12.C=C(C)[C@@H]1CC[C@]2(C(=O)OC/C=C(\C)CC/C=C(\C)CCC=C(C)C)CC[C@]3(C)[C@H](CC[C@@H]4[C@@]5(C)CCC(=O)C(C)(C)C5CC[C@]43C)C12.CC(C)=CCC/C(C)=C/CC/C(C)=C/CO. The number of ether oxygens (including phenoxy) is 2. The molecule has 1 saturated heterocycles. The first-order valence-electron chi connectivity index (χ1n) is 41.6. The highest BCUT2D eigenvalue weighted by atomic mass is 16.5. The Morgan fingerprint density at radius 3 is 1.22 bits per heavy atom. The summed E-state index contributed by atoms with van der Waals surface area (Å²) in [6.07, 6.45) is 45.4. The van der Waals surface area contributed by atoms with Crippen molar-refractivity contribution in [1.29, 1.82) is 0 Å². The van der Waals surface area contributed by atoms with Crippen molar-refractivity contribution in [3.05, 3.63) is 94.2 Å². The van der Waals surface area contributed by atoms with E-state index >= 15 is 0 Å². The van der Waals surface area contributed by atoms with Crippen LogP contribution in [0.5, 0.6) is 0 Å². The van der Waals surface area contributed by atoms with Gasteiger partial charge in [-0.05, 0) is 347 Å². The molecule has 0 aromatic heterocycles. The monoisotopic (exact) mass is 1410 g/mol. The highest BCUT2D eigenvalue weighted by Crippen LogP contribution is 2.80. The van der Waals surface area contributed by atoms with Crippen LogP contribution in [0.15, 0.2) is 94.2 Å². The van der Waals surface area contributed by atoms with Crippen molar-refractivity contribution in [2.24, 2.45) is 113 Å². The van der Waals surface area contributed by atoms with E-state index in [-0.39, 0.29) is 67.2 Å². The van der Waals surface area contributed by atoms with Gasteiger partial charge in [-0.2, -0.15) is 0 Å².